The lowest BCUT2D eigenvalue weighted by Crippen LogP contribution is -2.34. The number of hydrogen-bond acceptors (Lipinski definition) is 3. The van der Waals surface area contributed by atoms with E-state index in [2.05, 4.69) is 10.3 Å². The summed E-state index contributed by atoms with van der Waals surface area (Å²) in [6, 6.07) is 1.33. The average Bonchev–Trinajstić information content (AvgIpc) is 2.68. The summed E-state index contributed by atoms with van der Waals surface area (Å²) >= 11 is 0. The Bertz CT molecular complexity index is 397. The fraction of sp³-hybridized carbons (Fsp3) is 0.455. The van der Waals surface area contributed by atoms with Crippen molar-refractivity contribution in [3.8, 4) is 0 Å². The van der Waals surface area contributed by atoms with Crippen LogP contribution in [-0.2, 0) is 4.79 Å². The van der Waals surface area contributed by atoms with E-state index in [-0.39, 0.29) is 23.6 Å². The molecular formula is C11H14FN3O. The minimum absolute atomic E-state index is 0.107. The molecule has 0 spiro atoms. The zero-order chi connectivity index (χ0) is 11.5. The van der Waals surface area contributed by atoms with E-state index in [1.807, 2.05) is 0 Å². The first-order valence-corrected chi connectivity index (χ1v) is 5.34. The molecule has 2 unspecified atom stereocenters. The molecule has 5 heteroatoms. The third-order valence-electron chi connectivity index (χ3n) is 2.94. The zero-order valence-electron chi connectivity index (χ0n) is 8.82. The largest absolute Gasteiger partial charge is 0.327 e. The maximum absolute atomic E-state index is 13.2. The standard InChI is InChI=1S/C11H14FN3O/c12-8-6-14-5-4-10(8)15-11(16)7-2-1-3-9(7)13/h4-7,9H,1-3,13H2,(H,14,15,16). The van der Waals surface area contributed by atoms with Crippen molar-refractivity contribution in [2.24, 2.45) is 11.7 Å². The van der Waals surface area contributed by atoms with E-state index in [9.17, 15) is 9.18 Å². The lowest BCUT2D eigenvalue weighted by molar-refractivity contribution is -0.120. The fourth-order valence-corrected chi connectivity index (χ4v) is 2.02. The quantitative estimate of drug-likeness (QED) is 0.793. The molecule has 1 amide bonds. The van der Waals surface area contributed by atoms with Crippen molar-refractivity contribution in [1.29, 1.82) is 0 Å². The highest BCUT2D eigenvalue weighted by Crippen LogP contribution is 2.25. The second-order valence-electron chi connectivity index (χ2n) is 4.05. The molecule has 0 aromatic carbocycles. The number of amides is 1. The van der Waals surface area contributed by atoms with Crippen LogP contribution in [0.15, 0.2) is 18.5 Å². The van der Waals surface area contributed by atoms with Crippen LogP contribution >= 0.6 is 0 Å². The van der Waals surface area contributed by atoms with Gasteiger partial charge in [0, 0.05) is 12.2 Å². The van der Waals surface area contributed by atoms with Crippen LogP contribution < -0.4 is 11.1 Å². The third kappa shape index (κ3) is 2.19. The molecule has 1 saturated carbocycles. The number of nitrogens with zero attached hydrogens (tertiary/aromatic N) is 1. The van der Waals surface area contributed by atoms with Crippen molar-refractivity contribution < 1.29 is 9.18 Å². The predicted octanol–water partition coefficient (Wildman–Crippen LogP) is 1.29. The lowest BCUT2D eigenvalue weighted by Gasteiger charge is -2.15. The van der Waals surface area contributed by atoms with E-state index in [0.717, 1.165) is 25.5 Å². The summed E-state index contributed by atoms with van der Waals surface area (Å²) in [5.74, 6) is -0.926. The van der Waals surface area contributed by atoms with Crippen molar-refractivity contribution in [2.45, 2.75) is 25.3 Å². The van der Waals surface area contributed by atoms with Crippen LogP contribution in [0.5, 0.6) is 0 Å². The smallest absolute Gasteiger partial charge is 0.229 e. The Morgan fingerprint density at radius 1 is 1.56 bits per heavy atom. The van der Waals surface area contributed by atoms with Gasteiger partial charge < -0.3 is 11.1 Å². The Morgan fingerprint density at radius 3 is 3.00 bits per heavy atom. The van der Waals surface area contributed by atoms with E-state index < -0.39 is 5.82 Å². The number of carbonyl (C=O) groups excluding carboxylic acids is 1. The van der Waals surface area contributed by atoms with E-state index in [1.165, 1.54) is 12.3 Å². The molecule has 1 aliphatic carbocycles. The number of pyridine rings is 1. The highest BCUT2D eigenvalue weighted by Gasteiger charge is 2.30. The number of halogens is 1. The Morgan fingerprint density at radius 2 is 2.38 bits per heavy atom. The van der Waals surface area contributed by atoms with E-state index >= 15 is 0 Å². The monoisotopic (exact) mass is 223 g/mol. The predicted molar refractivity (Wildman–Crippen MR) is 58.1 cm³/mol. The highest BCUT2D eigenvalue weighted by molar-refractivity contribution is 5.93. The third-order valence-corrected chi connectivity index (χ3v) is 2.94. The van der Waals surface area contributed by atoms with Gasteiger partial charge in [-0.1, -0.05) is 6.42 Å². The van der Waals surface area contributed by atoms with Crippen LogP contribution in [0.4, 0.5) is 10.1 Å². The maximum Gasteiger partial charge on any atom is 0.229 e. The summed E-state index contributed by atoms with van der Waals surface area (Å²) < 4.78 is 13.2. The number of carbonyl (C=O) groups is 1. The maximum atomic E-state index is 13.2. The molecule has 1 heterocycles. The molecular weight excluding hydrogens is 209 g/mol. The summed E-state index contributed by atoms with van der Waals surface area (Å²) in [5, 5.41) is 2.55. The number of anilines is 1. The van der Waals surface area contributed by atoms with Crippen molar-refractivity contribution in [2.75, 3.05) is 5.32 Å². The van der Waals surface area contributed by atoms with Crippen molar-refractivity contribution in [3.63, 3.8) is 0 Å². The molecule has 1 aromatic heterocycles. The van der Waals surface area contributed by atoms with E-state index in [4.69, 9.17) is 5.73 Å². The van der Waals surface area contributed by atoms with Gasteiger partial charge in [0.2, 0.25) is 5.91 Å². The minimum atomic E-state index is -0.526. The normalized spacial score (nSPS) is 24.4. The van der Waals surface area contributed by atoms with Crippen molar-refractivity contribution in [1.82, 2.24) is 4.98 Å². The highest BCUT2D eigenvalue weighted by atomic mass is 19.1. The molecule has 0 aliphatic heterocycles. The van der Waals surface area contributed by atoms with Gasteiger partial charge in [-0.05, 0) is 18.9 Å². The van der Waals surface area contributed by atoms with Crippen LogP contribution in [0, 0.1) is 11.7 Å². The Balaban J connectivity index is 2.05. The molecule has 1 aliphatic rings. The molecule has 0 radical (unpaired) electrons. The minimum Gasteiger partial charge on any atom is -0.327 e. The second kappa shape index (κ2) is 4.57. The van der Waals surface area contributed by atoms with Crippen LogP contribution in [0.25, 0.3) is 0 Å². The first-order valence-electron chi connectivity index (χ1n) is 5.34. The summed E-state index contributed by atoms with van der Waals surface area (Å²) in [4.78, 5) is 15.4. The first kappa shape index (κ1) is 11.0. The Hall–Kier alpha value is -1.49. The van der Waals surface area contributed by atoms with Crippen molar-refractivity contribution >= 4 is 11.6 Å². The van der Waals surface area contributed by atoms with Crippen LogP contribution in [0.2, 0.25) is 0 Å². The number of hydrogen-bond donors (Lipinski definition) is 2. The topological polar surface area (TPSA) is 68.0 Å². The van der Waals surface area contributed by atoms with Crippen LogP contribution in [0.3, 0.4) is 0 Å². The average molecular weight is 223 g/mol. The number of rotatable bonds is 2. The molecule has 3 N–H and O–H groups in total. The number of nitrogens with two attached hydrogens (primary N) is 1. The van der Waals surface area contributed by atoms with Gasteiger partial charge in [0.05, 0.1) is 17.8 Å². The molecule has 2 rings (SSSR count). The van der Waals surface area contributed by atoms with Crippen LogP contribution in [0.1, 0.15) is 19.3 Å². The molecule has 86 valence electrons. The fourth-order valence-electron chi connectivity index (χ4n) is 2.02. The van der Waals surface area contributed by atoms with Gasteiger partial charge in [-0.25, -0.2) is 4.39 Å². The molecule has 16 heavy (non-hydrogen) atoms. The van der Waals surface area contributed by atoms with Gasteiger partial charge >= 0.3 is 0 Å². The summed E-state index contributed by atoms with van der Waals surface area (Å²) in [5.41, 5.74) is 5.97. The number of aromatic nitrogens is 1. The number of nitrogens with one attached hydrogen (secondary N) is 1. The molecule has 2 atom stereocenters. The molecule has 0 bridgehead atoms. The molecule has 1 aromatic rings. The SMILES string of the molecule is NC1CCCC1C(=O)Nc1ccncc1F. The zero-order valence-corrected chi connectivity index (χ0v) is 8.82. The van der Waals surface area contributed by atoms with Crippen LogP contribution in [-0.4, -0.2) is 16.9 Å². The van der Waals surface area contributed by atoms with Gasteiger partial charge in [-0.15, -0.1) is 0 Å². The van der Waals surface area contributed by atoms with Gasteiger partial charge in [0.25, 0.3) is 0 Å². The van der Waals surface area contributed by atoms with E-state index in [0.29, 0.717) is 0 Å². The summed E-state index contributed by atoms with van der Waals surface area (Å²) in [6.07, 6.45) is 5.10. The lowest BCUT2D eigenvalue weighted by atomic mass is 10.0. The summed E-state index contributed by atoms with van der Waals surface area (Å²) in [7, 11) is 0. The van der Waals surface area contributed by atoms with Gasteiger partial charge in [-0.2, -0.15) is 0 Å². The summed E-state index contributed by atoms with van der Waals surface area (Å²) in [6.45, 7) is 0. The van der Waals surface area contributed by atoms with Crippen molar-refractivity contribution in [3.05, 3.63) is 24.3 Å². The van der Waals surface area contributed by atoms with Gasteiger partial charge in [0.15, 0.2) is 5.82 Å². The van der Waals surface area contributed by atoms with E-state index in [1.54, 1.807) is 0 Å². The molecule has 4 nitrogen and oxygen atoms in total. The van der Waals surface area contributed by atoms with Gasteiger partial charge in [-0.3, -0.25) is 9.78 Å². The molecule has 1 fully saturated rings. The Labute approximate surface area is 93.1 Å². The first-order chi connectivity index (χ1) is 7.68. The second-order valence-corrected chi connectivity index (χ2v) is 4.05. The Kier molecular flexibility index (Phi) is 3.14. The van der Waals surface area contributed by atoms with Gasteiger partial charge in [0.1, 0.15) is 0 Å². The molecule has 0 saturated heterocycles.